The molecule has 1 aliphatic heterocycles. The number of hydrogen-bond acceptors (Lipinski definition) is 4. The van der Waals surface area contributed by atoms with Crippen molar-refractivity contribution in [2.24, 2.45) is 0 Å². The second-order valence-corrected chi connectivity index (χ2v) is 4.35. The van der Waals surface area contributed by atoms with Crippen LogP contribution in [0.25, 0.3) is 0 Å². The number of nitrogens with zero attached hydrogens (tertiary/aromatic N) is 2. The monoisotopic (exact) mass is 260 g/mol. The Morgan fingerprint density at radius 2 is 2.16 bits per heavy atom. The molecular weight excluding hydrogens is 244 g/mol. The summed E-state index contributed by atoms with van der Waals surface area (Å²) in [5.41, 5.74) is 1.47. The van der Waals surface area contributed by atoms with Crippen molar-refractivity contribution >= 4 is 0 Å². The molecule has 5 nitrogen and oxygen atoms in total. The molecule has 0 radical (unpaired) electrons. The number of rotatable bonds is 3. The van der Waals surface area contributed by atoms with Gasteiger partial charge < -0.3 is 14.6 Å². The van der Waals surface area contributed by atoms with Crippen molar-refractivity contribution in [1.82, 2.24) is 9.78 Å². The minimum Gasteiger partial charge on any atom is -0.486 e. The Morgan fingerprint density at radius 1 is 1.32 bits per heavy atom. The summed E-state index contributed by atoms with van der Waals surface area (Å²) in [5, 5.41) is 14.7. The highest BCUT2D eigenvalue weighted by molar-refractivity contribution is 5.50. The van der Waals surface area contributed by atoms with Gasteiger partial charge in [0.05, 0.1) is 5.69 Å². The molecular formula is C14H16N2O3. The van der Waals surface area contributed by atoms with E-state index in [1.807, 2.05) is 31.2 Å². The van der Waals surface area contributed by atoms with E-state index in [2.05, 4.69) is 5.10 Å². The van der Waals surface area contributed by atoms with Crippen LogP contribution in [-0.2, 0) is 6.54 Å². The van der Waals surface area contributed by atoms with Gasteiger partial charge in [-0.2, -0.15) is 5.10 Å². The lowest BCUT2D eigenvalue weighted by Crippen LogP contribution is -2.18. The number of aryl methyl sites for hydroxylation is 1. The Hall–Kier alpha value is -2.01. The average Bonchev–Trinajstić information content (AvgIpc) is 2.94. The number of aliphatic hydroxyl groups is 1. The Bertz CT molecular complexity index is 580. The van der Waals surface area contributed by atoms with Crippen molar-refractivity contribution in [2.75, 3.05) is 13.2 Å². The first-order valence-corrected chi connectivity index (χ1v) is 6.39. The first-order chi connectivity index (χ1) is 9.31. The molecule has 0 aliphatic carbocycles. The first-order valence-electron chi connectivity index (χ1n) is 6.39. The molecule has 0 saturated heterocycles. The summed E-state index contributed by atoms with van der Waals surface area (Å²) < 4.78 is 12.9. The zero-order valence-corrected chi connectivity index (χ0v) is 10.7. The van der Waals surface area contributed by atoms with E-state index in [1.54, 1.807) is 10.9 Å². The first kappa shape index (κ1) is 12.0. The number of benzene rings is 1. The Morgan fingerprint density at radius 3 is 3.00 bits per heavy atom. The Labute approximate surface area is 111 Å². The number of ether oxygens (including phenoxy) is 2. The van der Waals surface area contributed by atoms with Crippen LogP contribution in [0.5, 0.6) is 11.5 Å². The zero-order chi connectivity index (χ0) is 13.2. The molecule has 1 unspecified atom stereocenters. The number of fused-ring (bicyclic) bond motifs is 1. The molecule has 5 heteroatoms. The summed E-state index contributed by atoms with van der Waals surface area (Å²) in [6.45, 7) is 3.75. The number of para-hydroxylation sites is 1. The highest BCUT2D eigenvalue weighted by Crippen LogP contribution is 2.38. The molecule has 2 heterocycles. The standard InChI is InChI=1S/C14H16N2O3/c1-2-16-11(6-7-15-16)13(17)10-4-3-5-12-14(10)19-9-8-18-12/h3-7,13,17H,2,8-9H2,1H3. The van der Waals surface area contributed by atoms with Crippen LogP contribution in [0.3, 0.4) is 0 Å². The minimum atomic E-state index is -0.765. The van der Waals surface area contributed by atoms with Crippen LogP contribution in [0.15, 0.2) is 30.5 Å². The van der Waals surface area contributed by atoms with Crippen LogP contribution in [0.4, 0.5) is 0 Å². The summed E-state index contributed by atoms with van der Waals surface area (Å²) >= 11 is 0. The zero-order valence-electron chi connectivity index (χ0n) is 10.7. The van der Waals surface area contributed by atoms with Crippen LogP contribution in [0, 0.1) is 0 Å². The molecule has 3 rings (SSSR count). The van der Waals surface area contributed by atoms with Crippen LogP contribution in [-0.4, -0.2) is 28.1 Å². The lowest BCUT2D eigenvalue weighted by molar-refractivity contribution is 0.156. The molecule has 0 fully saturated rings. The summed E-state index contributed by atoms with van der Waals surface area (Å²) in [6, 6.07) is 7.38. The molecule has 0 bridgehead atoms. The van der Waals surface area contributed by atoms with Gasteiger partial charge in [0.15, 0.2) is 11.5 Å². The van der Waals surface area contributed by atoms with Gasteiger partial charge >= 0.3 is 0 Å². The SMILES string of the molecule is CCn1nccc1C(O)c1cccc2c1OCCO2. The van der Waals surface area contributed by atoms with Gasteiger partial charge in [0.1, 0.15) is 19.3 Å². The maximum atomic E-state index is 10.6. The van der Waals surface area contributed by atoms with E-state index in [-0.39, 0.29) is 0 Å². The fraction of sp³-hybridized carbons (Fsp3) is 0.357. The smallest absolute Gasteiger partial charge is 0.167 e. The molecule has 1 aromatic heterocycles. The van der Waals surface area contributed by atoms with Crippen LogP contribution < -0.4 is 9.47 Å². The van der Waals surface area contributed by atoms with Crippen molar-refractivity contribution in [3.63, 3.8) is 0 Å². The van der Waals surface area contributed by atoms with Gasteiger partial charge in [0.2, 0.25) is 0 Å². The van der Waals surface area contributed by atoms with E-state index in [0.717, 1.165) is 5.69 Å². The normalized spacial score (nSPS) is 15.3. The third-order valence-electron chi connectivity index (χ3n) is 3.22. The average molecular weight is 260 g/mol. The molecule has 0 spiro atoms. The third-order valence-corrected chi connectivity index (χ3v) is 3.22. The summed E-state index contributed by atoms with van der Waals surface area (Å²) in [7, 11) is 0. The summed E-state index contributed by atoms with van der Waals surface area (Å²) in [6.07, 6.45) is 0.925. The maximum Gasteiger partial charge on any atom is 0.167 e. The van der Waals surface area contributed by atoms with E-state index >= 15 is 0 Å². The third kappa shape index (κ3) is 2.06. The maximum absolute atomic E-state index is 10.6. The highest BCUT2D eigenvalue weighted by atomic mass is 16.6. The minimum absolute atomic E-state index is 0.504. The summed E-state index contributed by atoms with van der Waals surface area (Å²) in [5.74, 6) is 1.32. The molecule has 1 N–H and O–H groups in total. The molecule has 1 aliphatic rings. The second-order valence-electron chi connectivity index (χ2n) is 4.35. The van der Waals surface area contributed by atoms with Crippen LogP contribution in [0.1, 0.15) is 24.3 Å². The topological polar surface area (TPSA) is 56.5 Å². The molecule has 0 amide bonds. The highest BCUT2D eigenvalue weighted by Gasteiger charge is 2.23. The quantitative estimate of drug-likeness (QED) is 0.913. The second kappa shape index (κ2) is 4.93. The lowest BCUT2D eigenvalue weighted by atomic mass is 10.0. The van der Waals surface area contributed by atoms with Crippen LogP contribution >= 0.6 is 0 Å². The largest absolute Gasteiger partial charge is 0.486 e. The lowest BCUT2D eigenvalue weighted by Gasteiger charge is -2.23. The van der Waals surface area contributed by atoms with E-state index in [1.165, 1.54) is 0 Å². The van der Waals surface area contributed by atoms with Gasteiger partial charge in [-0.1, -0.05) is 12.1 Å². The van der Waals surface area contributed by atoms with E-state index in [9.17, 15) is 5.11 Å². The van der Waals surface area contributed by atoms with Gasteiger partial charge in [0, 0.05) is 18.3 Å². The fourth-order valence-electron chi connectivity index (χ4n) is 2.31. The predicted molar refractivity (Wildman–Crippen MR) is 69.4 cm³/mol. The molecule has 2 aromatic rings. The van der Waals surface area contributed by atoms with Crippen molar-refractivity contribution in [3.8, 4) is 11.5 Å². The summed E-state index contributed by atoms with van der Waals surface area (Å²) in [4.78, 5) is 0. The van der Waals surface area contributed by atoms with Gasteiger partial charge in [-0.15, -0.1) is 0 Å². The van der Waals surface area contributed by atoms with Crippen molar-refractivity contribution < 1.29 is 14.6 Å². The van der Waals surface area contributed by atoms with E-state index in [0.29, 0.717) is 36.8 Å². The van der Waals surface area contributed by atoms with Crippen molar-refractivity contribution in [3.05, 3.63) is 41.7 Å². The Balaban J connectivity index is 2.02. The molecule has 1 aromatic carbocycles. The number of aromatic nitrogens is 2. The van der Waals surface area contributed by atoms with Crippen molar-refractivity contribution in [1.29, 1.82) is 0 Å². The van der Waals surface area contributed by atoms with E-state index in [4.69, 9.17) is 9.47 Å². The van der Waals surface area contributed by atoms with Gasteiger partial charge in [0.25, 0.3) is 0 Å². The van der Waals surface area contributed by atoms with E-state index < -0.39 is 6.10 Å². The number of aliphatic hydroxyl groups excluding tert-OH is 1. The Kier molecular flexibility index (Phi) is 3.13. The molecule has 19 heavy (non-hydrogen) atoms. The number of hydrogen-bond donors (Lipinski definition) is 1. The van der Waals surface area contributed by atoms with Crippen molar-refractivity contribution in [2.45, 2.75) is 19.6 Å². The predicted octanol–water partition coefficient (Wildman–Crippen LogP) is 1.76. The fourth-order valence-corrected chi connectivity index (χ4v) is 2.31. The van der Waals surface area contributed by atoms with Gasteiger partial charge in [-0.25, -0.2) is 0 Å². The van der Waals surface area contributed by atoms with Gasteiger partial charge in [-0.05, 0) is 19.1 Å². The molecule has 1 atom stereocenters. The van der Waals surface area contributed by atoms with Crippen LogP contribution in [0.2, 0.25) is 0 Å². The van der Waals surface area contributed by atoms with Gasteiger partial charge in [-0.3, -0.25) is 4.68 Å². The molecule has 100 valence electrons. The molecule has 0 saturated carbocycles.